The Morgan fingerprint density at radius 1 is 0.941 bits per heavy atom. The molecule has 1 heterocycles. The van der Waals surface area contributed by atoms with E-state index < -0.39 is 0 Å². The SMILES string of the molecule is C1=Cc2cc3oc4c(c3cc2CC1)CCC=C4. The second-order valence-electron chi connectivity index (χ2n) is 4.87. The Hall–Kier alpha value is -1.76. The third kappa shape index (κ3) is 1.32. The van der Waals surface area contributed by atoms with Crippen molar-refractivity contribution < 1.29 is 4.42 Å². The second kappa shape index (κ2) is 3.36. The number of hydrogen-bond donors (Lipinski definition) is 0. The molecule has 0 fully saturated rings. The molecule has 0 aliphatic heterocycles. The Labute approximate surface area is 100 Å². The first-order chi connectivity index (χ1) is 8.42. The van der Waals surface area contributed by atoms with Gasteiger partial charge in [0.05, 0.1) is 0 Å². The molecule has 0 atom stereocenters. The highest BCUT2D eigenvalue weighted by Crippen LogP contribution is 2.34. The van der Waals surface area contributed by atoms with Crippen LogP contribution >= 0.6 is 0 Å². The van der Waals surface area contributed by atoms with E-state index in [4.69, 9.17) is 4.42 Å². The standard InChI is InChI=1S/C16H14O/c1-2-6-12-10-16-14(9-11(12)5-1)13-7-3-4-8-15(13)17-16/h2,4,6,8-10H,1,3,5,7H2. The second-order valence-corrected chi connectivity index (χ2v) is 4.87. The molecular formula is C16H14O. The molecular weight excluding hydrogens is 208 g/mol. The van der Waals surface area contributed by atoms with Gasteiger partial charge in [-0.25, -0.2) is 0 Å². The van der Waals surface area contributed by atoms with E-state index in [0.29, 0.717) is 0 Å². The van der Waals surface area contributed by atoms with Crippen LogP contribution in [-0.4, -0.2) is 0 Å². The lowest BCUT2D eigenvalue weighted by Crippen LogP contribution is -1.94. The molecule has 0 saturated heterocycles. The zero-order chi connectivity index (χ0) is 11.2. The van der Waals surface area contributed by atoms with Crippen LogP contribution < -0.4 is 0 Å². The van der Waals surface area contributed by atoms with Crippen LogP contribution in [0.2, 0.25) is 0 Å². The molecule has 0 saturated carbocycles. The van der Waals surface area contributed by atoms with Gasteiger partial charge in [0.1, 0.15) is 11.3 Å². The minimum atomic E-state index is 1.05. The average Bonchev–Trinajstić information content (AvgIpc) is 2.73. The summed E-state index contributed by atoms with van der Waals surface area (Å²) >= 11 is 0. The van der Waals surface area contributed by atoms with Crippen LogP contribution in [0.3, 0.4) is 0 Å². The molecule has 84 valence electrons. The van der Waals surface area contributed by atoms with E-state index in [1.807, 2.05) is 0 Å². The Morgan fingerprint density at radius 3 is 2.82 bits per heavy atom. The predicted molar refractivity (Wildman–Crippen MR) is 70.9 cm³/mol. The van der Waals surface area contributed by atoms with Crippen LogP contribution in [0.1, 0.15) is 35.3 Å². The average molecular weight is 222 g/mol. The first kappa shape index (κ1) is 9.29. The van der Waals surface area contributed by atoms with E-state index in [1.165, 1.54) is 28.5 Å². The highest BCUT2D eigenvalue weighted by Gasteiger charge is 2.16. The quantitative estimate of drug-likeness (QED) is 0.645. The van der Waals surface area contributed by atoms with Gasteiger partial charge in [-0.3, -0.25) is 0 Å². The largest absolute Gasteiger partial charge is 0.456 e. The van der Waals surface area contributed by atoms with Crippen molar-refractivity contribution in [3.63, 3.8) is 0 Å². The molecule has 0 radical (unpaired) electrons. The van der Waals surface area contributed by atoms with Crippen LogP contribution in [0.15, 0.2) is 28.7 Å². The first-order valence-corrected chi connectivity index (χ1v) is 6.33. The van der Waals surface area contributed by atoms with Crippen LogP contribution in [0.4, 0.5) is 0 Å². The number of fused-ring (bicyclic) bond motifs is 4. The number of benzene rings is 1. The topological polar surface area (TPSA) is 13.1 Å². The van der Waals surface area contributed by atoms with E-state index in [2.05, 4.69) is 36.4 Å². The normalized spacial score (nSPS) is 17.2. The molecule has 1 aromatic carbocycles. The molecule has 0 amide bonds. The van der Waals surface area contributed by atoms with Crippen molar-refractivity contribution in [2.45, 2.75) is 25.7 Å². The Kier molecular flexibility index (Phi) is 1.84. The van der Waals surface area contributed by atoms with Gasteiger partial charge < -0.3 is 4.42 Å². The number of rotatable bonds is 0. The van der Waals surface area contributed by atoms with Crippen molar-refractivity contribution in [2.24, 2.45) is 0 Å². The Bertz CT molecular complexity index is 650. The molecule has 17 heavy (non-hydrogen) atoms. The fourth-order valence-electron chi connectivity index (χ4n) is 2.90. The zero-order valence-corrected chi connectivity index (χ0v) is 9.70. The van der Waals surface area contributed by atoms with Crippen LogP contribution in [0.5, 0.6) is 0 Å². The Morgan fingerprint density at radius 2 is 1.82 bits per heavy atom. The molecule has 2 aliphatic rings. The monoisotopic (exact) mass is 222 g/mol. The molecule has 0 unspecified atom stereocenters. The van der Waals surface area contributed by atoms with Gasteiger partial charge in [-0.15, -0.1) is 0 Å². The summed E-state index contributed by atoms with van der Waals surface area (Å²) in [5.74, 6) is 1.07. The van der Waals surface area contributed by atoms with Gasteiger partial charge in [0.25, 0.3) is 0 Å². The van der Waals surface area contributed by atoms with Crippen molar-refractivity contribution in [1.82, 2.24) is 0 Å². The fraction of sp³-hybridized carbons (Fsp3) is 0.250. The summed E-state index contributed by atoms with van der Waals surface area (Å²) in [6, 6.07) is 4.54. The number of allylic oxidation sites excluding steroid dienone is 2. The molecule has 2 aromatic rings. The lowest BCUT2D eigenvalue weighted by Gasteiger charge is -2.10. The van der Waals surface area contributed by atoms with E-state index in [9.17, 15) is 0 Å². The number of furan rings is 1. The summed E-state index contributed by atoms with van der Waals surface area (Å²) in [6.45, 7) is 0. The zero-order valence-electron chi connectivity index (χ0n) is 9.70. The van der Waals surface area contributed by atoms with Gasteiger partial charge >= 0.3 is 0 Å². The van der Waals surface area contributed by atoms with Gasteiger partial charge in [-0.05, 0) is 55.0 Å². The van der Waals surface area contributed by atoms with E-state index in [-0.39, 0.29) is 0 Å². The fourth-order valence-corrected chi connectivity index (χ4v) is 2.90. The van der Waals surface area contributed by atoms with E-state index in [1.54, 1.807) is 0 Å². The van der Waals surface area contributed by atoms with Crippen molar-refractivity contribution >= 4 is 23.1 Å². The summed E-state index contributed by atoms with van der Waals surface area (Å²) in [5.41, 5.74) is 5.25. The van der Waals surface area contributed by atoms with Crippen molar-refractivity contribution in [3.8, 4) is 0 Å². The molecule has 0 bridgehead atoms. The van der Waals surface area contributed by atoms with Crippen LogP contribution in [-0.2, 0) is 12.8 Å². The highest BCUT2D eigenvalue weighted by atomic mass is 16.3. The molecule has 2 aliphatic carbocycles. The minimum absolute atomic E-state index is 1.05. The molecule has 0 spiro atoms. The first-order valence-electron chi connectivity index (χ1n) is 6.33. The maximum Gasteiger partial charge on any atom is 0.135 e. The number of hydrogen-bond acceptors (Lipinski definition) is 1. The Balaban J connectivity index is 2.04. The lowest BCUT2D eigenvalue weighted by atomic mass is 9.93. The summed E-state index contributed by atoms with van der Waals surface area (Å²) in [6.07, 6.45) is 13.4. The summed E-state index contributed by atoms with van der Waals surface area (Å²) in [5, 5.41) is 1.33. The van der Waals surface area contributed by atoms with E-state index in [0.717, 1.165) is 30.6 Å². The highest BCUT2D eigenvalue weighted by molar-refractivity contribution is 5.88. The lowest BCUT2D eigenvalue weighted by molar-refractivity contribution is 0.595. The summed E-state index contributed by atoms with van der Waals surface area (Å²) in [7, 11) is 0. The minimum Gasteiger partial charge on any atom is -0.456 e. The van der Waals surface area contributed by atoms with Crippen LogP contribution in [0.25, 0.3) is 23.1 Å². The summed E-state index contributed by atoms with van der Waals surface area (Å²) in [4.78, 5) is 0. The summed E-state index contributed by atoms with van der Waals surface area (Å²) < 4.78 is 5.94. The molecule has 1 heteroatoms. The van der Waals surface area contributed by atoms with Gasteiger partial charge in [0.2, 0.25) is 0 Å². The van der Waals surface area contributed by atoms with Crippen molar-refractivity contribution in [2.75, 3.05) is 0 Å². The smallest absolute Gasteiger partial charge is 0.135 e. The molecule has 1 nitrogen and oxygen atoms in total. The molecule has 0 N–H and O–H groups in total. The van der Waals surface area contributed by atoms with Gasteiger partial charge in [-0.2, -0.15) is 0 Å². The number of aryl methyl sites for hydroxylation is 2. The third-order valence-corrected chi connectivity index (χ3v) is 3.79. The van der Waals surface area contributed by atoms with Gasteiger partial charge in [-0.1, -0.05) is 18.2 Å². The maximum atomic E-state index is 5.94. The van der Waals surface area contributed by atoms with Crippen molar-refractivity contribution in [1.29, 1.82) is 0 Å². The predicted octanol–water partition coefficient (Wildman–Crippen LogP) is 4.35. The van der Waals surface area contributed by atoms with Crippen LogP contribution in [0, 0.1) is 0 Å². The maximum absolute atomic E-state index is 5.94. The van der Waals surface area contributed by atoms with Gasteiger partial charge in [0.15, 0.2) is 0 Å². The third-order valence-electron chi connectivity index (χ3n) is 3.79. The van der Waals surface area contributed by atoms with Crippen molar-refractivity contribution in [3.05, 3.63) is 46.7 Å². The van der Waals surface area contributed by atoms with E-state index >= 15 is 0 Å². The molecule has 1 aromatic heterocycles. The van der Waals surface area contributed by atoms with Gasteiger partial charge in [0, 0.05) is 10.9 Å². The molecule has 4 rings (SSSR count).